The van der Waals surface area contributed by atoms with Gasteiger partial charge < -0.3 is 19.4 Å². The lowest BCUT2D eigenvalue weighted by Crippen LogP contribution is -2.50. The average Bonchev–Trinajstić information content (AvgIpc) is 2.92. The number of amides is 3. The number of nitro benzene ring substituents is 1. The SMILES string of the molecule is CC(=O)N1CCN(C(=O)c2ccc(N3CCC(N4C(=O)OCc5ccccc54)CC3)c([N+](=O)[O-])c2)CC1. The molecular formula is C26H29N5O6. The highest BCUT2D eigenvalue weighted by atomic mass is 16.6. The van der Waals surface area contributed by atoms with E-state index in [0.29, 0.717) is 57.8 Å². The minimum absolute atomic E-state index is 0.0303. The van der Waals surface area contributed by atoms with E-state index >= 15 is 0 Å². The highest BCUT2D eigenvalue weighted by Crippen LogP contribution is 2.35. The maximum Gasteiger partial charge on any atom is 0.414 e. The number of hydrogen-bond acceptors (Lipinski definition) is 7. The Balaban J connectivity index is 1.29. The van der Waals surface area contributed by atoms with E-state index in [1.807, 2.05) is 29.2 Å². The van der Waals surface area contributed by atoms with Gasteiger partial charge in [0.1, 0.15) is 12.3 Å². The number of nitrogens with zero attached hydrogens (tertiary/aromatic N) is 5. The molecule has 2 aromatic carbocycles. The molecule has 2 fully saturated rings. The van der Waals surface area contributed by atoms with Crippen molar-refractivity contribution >= 4 is 35.0 Å². The van der Waals surface area contributed by atoms with Gasteiger partial charge in [-0.2, -0.15) is 0 Å². The van der Waals surface area contributed by atoms with Crippen LogP contribution in [0.5, 0.6) is 0 Å². The second kappa shape index (κ2) is 10.1. The van der Waals surface area contributed by atoms with Crippen LogP contribution in [0.1, 0.15) is 35.7 Å². The van der Waals surface area contributed by atoms with Crippen LogP contribution in [0.3, 0.4) is 0 Å². The molecule has 11 heteroatoms. The Hall–Kier alpha value is -4.15. The molecule has 3 heterocycles. The molecule has 37 heavy (non-hydrogen) atoms. The quantitative estimate of drug-likeness (QED) is 0.461. The highest BCUT2D eigenvalue weighted by Gasteiger charge is 2.35. The number of hydrogen-bond donors (Lipinski definition) is 0. The Morgan fingerprint density at radius 1 is 0.946 bits per heavy atom. The topological polar surface area (TPSA) is 117 Å². The zero-order valence-electron chi connectivity index (χ0n) is 20.7. The lowest BCUT2D eigenvalue weighted by molar-refractivity contribution is -0.384. The molecule has 0 aliphatic carbocycles. The van der Waals surface area contributed by atoms with Gasteiger partial charge in [-0.1, -0.05) is 18.2 Å². The summed E-state index contributed by atoms with van der Waals surface area (Å²) in [5, 5.41) is 12.0. The Morgan fingerprint density at radius 3 is 2.30 bits per heavy atom. The van der Waals surface area contributed by atoms with Gasteiger partial charge in [0.25, 0.3) is 11.6 Å². The maximum absolute atomic E-state index is 13.0. The standard InChI is InChI=1S/C26H29N5O6/c1-18(32)27-12-14-29(15-13-27)25(33)19-6-7-23(24(16-19)31(35)36)28-10-8-21(9-11-28)30-22-5-3-2-4-20(22)17-37-26(30)34/h2-7,16,21H,8-15,17H2,1H3. The van der Waals surface area contributed by atoms with Crippen LogP contribution in [-0.4, -0.2) is 77.9 Å². The molecule has 2 saturated heterocycles. The van der Waals surface area contributed by atoms with Gasteiger partial charge in [0.15, 0.2) is 0 Å². The Bertz CT molecular complexity index is 1230. The molecule has 0 radical (unpaired) electrons. The van der Waals surface area contributed by atoms with Gasteiger partial charge in [-0.25, -0.2) is 4.79 Å². The van der Waals surface area contributed by atoms with Crippen molar-refractivity contribution < 1.29 is 24.0 Å². The summed E-state index contributed by atoms with van der Waals surface area (Å²) >= 11 is 0. The maximum atomic E-state index is 13.0. The largest absolute Gasteiger partial charge is 0.444 e. The number of fused-ring (bicyclic) bond motifs is 1. The van der Waals surface area contributed by atoms with Crippen LogP contribution in [0.4, 0.5) is 21.9 Å². The summed E-state index contributed by atoms with van der Waals surface area (Å²) < 4.78 is 5.36. The molecule has 0 atom stereocenters. The fourth-order valence-corrected chi connectivity index (χ4v) is 5.36. The third kappa shape index (κ3) is 4.81. The van der Waals surface area contributed by atoms with Crippen LogP contribution in [-0.2, 0) is 16.1 Å². The zero-order chi connectivity index (χ0) is 26.1. The highest BCUT2D eigenvalue weighted by molar-refractivity contribution is 5.96. The van der Waals surface area contributed by atoms with Crippen LogP contribution in [0, 0.1) is 10.1 Å². The average molecular weight is 508 g/mol. The van der Waals surface area contributed by atoms with Crippen LogP contribution >= 0.6 is 0 Å². The third-order valence-electron chi connectivity index (χ3n) is 7.40. The van der Waals surface area contributed by atoms with Crippen LogP contribution < -0.4 is 9.80 Å². The number of carbonyl (C=O) groups excluding carboxylic acids is 3. The molecule has 194 valence electrons. The van der Waals surface area contributed by atoms with Crippen LogP contribution in [0.15, 0.2) is 42.5 Å². The predicted octanol–water partition coefficient (Wildman–Crippen LogP) is 3.02. The van der Waals surface area contributed by atoms with Crippen LogP contribution in [0.2, 0.25) is 0 Å². The summed E-state index contributed by atoms with van der Waals surface area (Å²) in [4.78, 5) is 55.6. The molecule has 0 aromatic heterocycles. The van der Waals surface area contributed by atoms with E-state index in [2.05, 4.69) is 0 Å². The van der Waals surface area contributed by atoms with Gasteiger partial charge >= 0.3 is 6.09 Å². The first-order valence-corrected chi connectivity index (χ1v) is 12.5. The number of rotatable bonds is 4. The predicted molar refractivity (Wildman–Crippen MR) is 136 cm³/mol. The van der Waals surface area contributed by atoms with Crippen molar-refractivity contribution in [1.82, 2.24) is 9.80 Å². The van der Waals surface area contributed by atoms with E-state index in [0.717, 1.165) is 11.3 Å². The summed E-state index contributed by atoms with van der Waals surface area (Å²) in [6.07, 6.45) is 0.888. The van der Waals surface area contributed by atoms with Crippen molar-refractivity contribution in [1.29, 1.82) is 0 Å². The minimum Gasteiger partial charge on any atom is -0.444 e. The Morgan fingerprint density at radius 2 is 1.62 bits per heavy atom. The summed E-state index contributed by atoms with van der Waals surface area (Å²) in [6.45, 7) is 4.49. The van der Waals surface area contributed by atoms with Gasteiger partial charge in [0.05, 0.1) is 10.6 Å². The van der Waals surface area contributed by atoms with E-state index in [9.17, 15) is 24.5 Å². The Kier molecular flexibility index (Phi) is 6.68. The normalized spacial score (nSPS) is 18.4. The van der Waals surface area contributed by atoms with E-state index < -0.39 is 4.92 Å². The van der Waals surface area contributed by atoms with Gasteiger partial charge in [-0.15, -0.1) is 0 Å². The lowest BCUT2D eigenvalue weighted by atomic mass is 9.99. The first kappa shape index (κ1) is 24.5. The fraction of sp³-hybridized carbons (Fsp3) is 0.423. The van der Waals surface area contributed by atoms with Gasteiger partial charge in [-0.3, -0.25) is 24.6 Å². The minimum atomic E-state index is -0.454. The lowest BCUT2D eigenvalue weighted by Gasteiger charge is -2.40. The summed E-state index contributed by atoms with van der Waals surface area (Å²) in [5.74, 6) is -0.309. The molecule has 5 rings (SSSR count). The molecule has 11 nitrogen and oxygen atoms in total. The molecule has 3 aliphatic heterocycles. The number of piperidine rings is 1. The fourth-order valence-electron chi connectivity index (χ4n) is 5.36. The van der Waals surface area contributed by atoms with E-state index in [1.54, 1.807) is 26.8 Å². The van der Waals surface area contributed by atoms with Crippen molar-refractivity contribution in [3.05, 3.63) is 63.7 Å². The van der Waals surface area contributed by atoms with Crippen molar-refractivity contribution in [3.8, 4) is 0 Å². The number of para-hydroxylation sites is 1. The number of piperazine rings is 1. The summed E-state index contributed by atoms with van der Waals surface area (Å²) in [6, 6.07) is 12.2. The molecular weight excluding hydrogens is 478 g/mol. The zero-order valence-corrected chi connectivity index (χ0v) is 20.7. The molecule has 3 aliphatic rings. The first-order valence-electron chi connectivity index (χ1n) is 12.5. The molecule has 0 bridgehead atoms. The van der Waals surface area contributed by atoms with Crippen molar-refractivity contribution in [2.24, 2.45) is 0 Å². The van der Waals surface area contributed by atoms with Gasteiger partial charge in [-0.05, 0) is 31.0 Å². The van der Waals surface area contributed by atoms with E-state index in [4.69, 9.17) is 4.74 Å². The van der Waals surface area contributed by atoms with E-state index in [-0.39, 0.29) is 41.8 Å². The number of benzene rings is 2. The van der Waals surface area contributed by atoms with Gasteiger partial charge in [0, 0.05) is 69.4 Å². The molecule has 3 amide bonds. The smallest absolute Gasteiger partial charge is 0.414 e. The molecule has 0 N–H and O–H groups in total. The third-order valence-corrected chi connectivity index (χ3v) is 7.40. The summed E-state index contributed by atoms with van der Waals surface area (Å²) in [7, 11) is 0. The Labute approximate surface area is 214 Å². The van der Waals surface area contributed by atoms with Crippen molar-refractivity contribution in [2.45, 2.75) is 32.4 Å². The van der Waals surface area contributed by atoms with Gasteiger partial charge in [0.2, 0.25) is 5.91 Å². The van der Waals surface area contributed by atoms with Crippen molar-refractivity contribution in [2.75, 3.05) is 49.1 Å². The second-order valence-electron chi connectivity index (χ2n) is 9.53. The number of nitro groups is 1. The molecule has 0 spiro atoms. The van der Waals surface area contributed by atoms with Crippen molar-refractivity contribution in [3.63, 3.8) is 0 Å². The molecule has 0 unspecified atom stereocenters. The second-order valence-corrected chi connectivity index (χ2v) is 9.53. The van der Waals surface area contributed by atoms with E-state index in [1.165, 1.54) is 13.0 Å². The summed E-state index contributed by atoms with van der Waals surface area (Å²) in [5.41, 5.74) is 2.42. The van der Waals surface area contributed by atoms with Crippen LogP contribution in [0.25, 0.3) is 0 Å². The molecule has 2 aromatic rings. The number of anilines is 2. The monoisotopic (exact) mass is 507 g/mol. The number of carbonyl (C=O) groups is 3. The first-order chi connectivity index (χ1) is 17.8. The number of ether oxygens (including phenoxy) is 1. The number of cyclic esters (lactones) is 1. The molecule has 0 saturated carbocycles.